The van der Waals surface area contributed by atoms with E-state index in [9.17, 15) is 19.2 Å². The van der Waals surface area contributed by atoms with Gasteiger partial charge in [-0.15, -0.1) is 0 Å². The van der Waals surface area contributed by atoms with Gasteiger partial charge in [0.15, 0.2) is 0 Å². The van der Waals surface area contributed by atoms with Crippen LogP contribution in [0.1, 0.15) is 65.4 Å². The molecule has 2 aliphatic rings. The van der Waals surface area contributed by atoms with Gasteiger partial charge in [-0.05, 0) is 122 Å². The van der Waals surface area contributed by atoms with Gasteiger partial charge < -0.3 is 14.7 Å². The summed E-state index contributed by atoms with van der Waals surface area (Å²) in [5.41, 5.74) is 7.94. The van der Waals surface area contributed by atoms with E-state index in [1.807, 2.05) is 123 Å². The van der Waals surface area contributed by atoms with Crippen molar-refractivity contribution in [3.8, 4) is 0 Å². The van der Waals surface area contributed by atoms with Crippen LogP contribution in [0.3, 0.4) is 0 Å². The summed E-state index contributed by atoms with van der Waals surface area (Å²) in [4.78, 5) is 75.1. The van der Waals surface area contributed by atoms with Crippen LogP contribution >= 0.6 is 0 Å². The second kappa shape index (κ2) is 16.5. The number of fused-ring (bicyclic) bond motifs is 6. The first-order valence-corrected chi connectivity index (χ1v) is 22.2. The lowest BCUT2D eigenvalue weighted by Crippen LogP contribution is -2.43. The Labute approximate surface area is 371 Å². The standard InChI is InChI=1S/C53H51N7O4/c1-56(2)26-28-59-50(61)38-18-10-16-36-46(38)42(52(59)63)30-40-32(34-14-6-8-22-44(34)54-48(36)40)20-12-24-58(5)25-13-21-33-35-15-7-9-23-45(35)55-49-37-17-11-19-39-47(37)43(31-41(33)49)53(64)60(51(39)62)29-27-57(3)4/h6-11,14-19,22-23,30-31H,12-13,20-21,24-29H2,1-5H3. The third-order valence-electron chi connectivity index (χ3n) is 13.2. The summed E-state index contributed by atoms with van der Waals surface area (Å²) < 4.78 is 0. The number of pyridine rings is 2. The maximum atomic E-state index is 14.1. The summed E-state index contributed by atoms with van der Waals surface area (Å²) in [5, 5.41) is 7.09. The van der Waals surface area contributed by atoms with Crippen LogP contribution in [0.5, 0.6) is 0 Å². The zero-order valence-corrected chi connectivity index (χ0v) is 37.1. The number of nitrogens with zero attached hydrogens (tertiary/aromatic N) is 7. The molecular formula is C53H51N7O4. The molecule has 0 saturated carbocycles. The third kappa shape index (κ3) is 6.95. The van der Waals surface area contributed by atoms with Gasteiger partial charge >= 0.3 is 0 Å². The van der Waals surface area contributed by atoms with E-state index in [2.05, 4.69) is 24.1 Å². The topological polar surface area (TPSA) is 110 Å². The average molecular weight is 850 g/mol. The Balaban J connectivity index is 0.930. The monoisotopic (exact) mass is 849 g/mol. The molecule has 0 N–H and O–H groups in total. The van der Waals surface area contributed by atoms with Crippen LogP contribution in [0.25, 0.3) is 65.2 Å². The maximum Gasteiger partial charge on any atom is 0.261 e. The number of hydrogen-bond donors (Lipinski definition) is 0. The van der Waals surface area contributed by atoms with E-state index in [1.54, 1.807) is 0 Å². The molecule has 10 rings (SSSR count). The van der Waals surface area contributed by atoms with E-state index in [0.717, 1.165) is 104 Å². The number of imide groups is 2. The molecule has 0 aliphatic carbocycles. The summed E-state index contributed by atoms with van der Waals surface area (Å²) in [6.45, 7) is 3.51. The van der Waals surface area contributed by atoms with E-state index in [1.165, 1.54) is 9.80 Å². The van der Waals surface area contributed by atoms with Crippen LogP contribution in [-0.4, -0.2) is 133 Å². The first-order valence-electron chi connectivity index (χ1n) is 22.2. The Morgan fingerprint density at radius 1 is 0.438 bits per heavy atom. The number of amides is 4. The van der Waals surface area contributed by atoms with Crippen LogP contribution in [0.2, 0.25) is 0 Å². The smallest absolute Gasteiger partial charge is 0.261 e. The van der Waals surface area contributed by atoms with Crippen molar-refractivity contribution < 1.29 is 19.2 Å². The Bertz CT molecular complexity index is 3050. The zero-order chi connectivity index (χ0) is 44.4. The van der Waals surface area contributed by atoms with Crippen molar-refractivity contribution in [1.29, 1.82) is 0 Å². The van der Waals surface area contributed by atoms with E-state index < -0.39 is 0 Å². The number of carbonyl (C=O) groups excluding carboxylic acids is 4. The van der Waals surface area contributed by atoms with Crippen molar-refractivity contribution in [3.63, 3.8) is 0 Å². The average Bonchev–Trinajstić information content (AvgIpc) is 3.29. The van der Waals surface area contributed by atoms with Crippen LogP contribution in [0.4, 0.5) is 0 Å². The van der Waals surface area contributed by atoms with Gasteiger partial charge in [-0.1, -0.05) is 60.7 Å². The summed E-state index contributed by atoms with van der Waals surface area (Å²) in [6, 6.07) is 31.8. The van der Waals surface area contributed by atoms with Gasteiger partial charge in [-0.2, -0.15) is 0 Å². The van der Waals surface area contributed by atoms with E-state index >= 15 is 0 Å². The molecule has 322 valence electrons. The minimum Gasteiger partial charge on any atom is -0.308 e. The summed E-state index contributed by atoms with van der Waals surface area (Å²) >= 11 is 0. The van der Waals surface area contributed by atoms with E-state index in [-0.39, 0.29) is 23.6 Å². The molecule has 6 aromatic carbocycles. The Hall–Kier alpha value is -6.66. The third-order valence-corrected chi connectivity index (χ3v) is 13.2. The number of benzene rings is 6. The quantitative estimate of drug-likeness (QED) is 0.0608. The predicted octanol–water partition coefficient (Wildman–Crippen LogP) is 8.21. The second-order valence-corrected chi connectivity index (χ2v) is 18.0. The van der Waals surface area contributed by atoms with Crippen molar-refractivity contribution in [3.05, 3.63) is 130 Å². The summed E-state index contributed by atoms with van der Waals surface area (Å²) in [6.07, 6.45) is 3.34. The molecule has 11 nitrogen and oxygen atoms in total. The Kier molecular flexibility index (Phi) is 10.6. The number of aromatic nitrogens is 2. The SMILES string of the molecule is CN(C)CCN1C(=O)c2cccc3c2c(cc2c(CCCN(C)CCCc4c5ccccc5nc5c4cc4c6c(cccc65)C(=O)N(CCN(C)C)C4=O)c4ccccc4nc23)C1=O. The summed E-state index contributed by atoms with van der Waals surface area (Å²) in [7, 11) is 9.92. The molecule has 4 amide bonds. The van der Waals surface area contributed by atoms with Crippen molar-refractivity contribution in [2.45, 2.75) is 25.7 Å². The van der Waals surface area contributed by atoms with E-state index in [0.29, 0.717) is 59.2 Å². The van der Waals surface area contributed by atoms with Gasteiger partial charge in [0.25, 0.3) is 23.6 Å². The highest BCUT2D eigenvalue weighted by atomic mass is 16.2. The van der Waals surface area contributed by atoms with Crippen LogP contribution < -0.4 is 0 Å². The molecule has 0 bridgehead atoms. The highest BCUT2D eigenvalue weighted by Crippen LogP contribution is 2.40. The second-order valence-electron chi connectivity index (χ2n) is 18.0. The molecular weight excluding hydrogens is 799 g/mol. The molecule has 64 heavy (non-hydrogen) atoms. The summed E-state index contributed by atoms with van der Waals surface area (Å²) in [5.74, 6) is -1.03. The number of likely N-dealkylation sites (N-methyl/N-ethyl adjacent to an activating group) is 2. The molecule has 8 aromatic rings. The number of para-hydroxylation sites is 2. The lowest BCUT2D eigenvalue weighted by atomic mass is 9.88. The number of rotatable bonds is 14. The van der Waals surface area contributed by atoms with Gasteiger partial charge in [0.1, 0.15) is 0 Å². The highest BCUT2D eigenvalue weighted by molar-refractivity contribution is 6.31. The fourth-order valence-corrected chi connectivity index (χ4v) is 9.99. The molecule has 0 fully saturated rings. The Morgan fingerprint density at radius 3 is 1.25 bits per heavy atom. The van der Waals surface area contributed by atoms with E-state index in [4.69, 9.17) is 9.97 Å². The number of hydrogen-bond acceptors (Lipinski definition) is 9. The first kappa shape index (κ1) is 41.4. The molecule has 0 spiro atoms. The molecule has 11 heteroatoms. The van der Waals surface area contributed by atoms with Gasteiger partial charge in [-0.25, -0.2) is 9.97 Å². The van der Waals surface area contributed by atoms with Crippen LogP contribution in [0, 0.1) is 0 Å². The Morgan fingerprint density at radius 2 is 0.828 bits per heavy atom. The van der Waals surface area contributed by atoms with Gasteiger partial charge in [0, 0.05) is 91.5 Å². The normalized spacial score (nSPS) is 14.2. The van der Waals surface area contributed by atoms with Crippen molar-refractivity contribution in [1.82, 2.24) is 34.5 Å². The van der Waals surface area contributed by atoms with Crippen molar-refractivity contribution >= 4 is 88.8 Å². The molecule has 0 radical (unpaired) electrons. The fourth-order valence-electron chi connectivity index (χ4n) is 9.99. The predicted molar refractivity (Wildman–Crippen MR) is 255 cm³/mol. The van der Waals surface area contributed by atoms with Crippen molar-refractivity contribution in [2.24, 2.45) is 0 Å². The van der Waals surface area contributed by atoms with Crippen LogP contribution in [-0.2, 0) is 12.8 Å². The molecule has 2 aliphatic heterocycles. The van der Waals surface area contributed by atoms with Gasteiger partial charge in [-0.3, -0.25) is 29.0 Å². The lowest BCUT2D eigenvalue weighted by molar-refractivity contribution is 0.0585. The molecule has 0 atom stereocenters. The first-order chi connectivity index (χ1) is 31.0. The van der Waals surface area contributed by atoms with Crippen molar-refractivity contribution in [2.75, 3.05) is 74.5 Å². The molecule has 2 aromatic heterocycles. The molecule has 4 heterocycles. The molecule has 0 unspecified atom stereocenters. The number of aryl methyl sites for hydroxylation is 2. The maximum absolute atomic E-state index is 14.1. The van der Waals surface area contributed by atoms with Crippen LogP contribution in [0.15, 0.2) is 97.1 Å². The lowest BCUT2D eigenvalue weighted by Gasteiger charge is -2.29. The fraction of sp³-hybridized carbons (Fsp3) is 0.283. The van der Waals surface area contributed by atoms with Gasteiger partial charge in [0.2, 0.25) is 0 Å². The minimum atomic E-state index is -0.259. The van der Waals surface area contributed by atoms with Gasteiger partial charge in [0.05, 0.1) is 22.1 Å². The molecule has 0 saturated heterocycles. The highest BCUT2D eigenvalue weighted by Gasteiger charge is 2.35. The zero-order valence-electron chi connectivity index (χ0n) is 37.1. The number of carbonyl (C=O) groups is 4. The largest absolute Gasteiger partial charge is 0.308 e. The minimum absolute atomic E-state index is 0.257.